The average Bonchev–Trinajstić information content (AvgIpc) is 2.97. The highest BCUT2D eigenvalue weighted by atomic mass is 32.2. The van der Waals surface area contributed by atoms with Crippen molar-refractivity contribution in [3.8, 4) is 0 Å². The smallest absolute Gasteiger partial charge is 0.225 e. The molecule has 0 N–H and O–H groups in total. The molecule has 26 heavy (non-hydrogen) atoms. The third-order valence-corrected chi connectivity index (χ3v) is 6.06. The zero-order chi connectivity index (χ0) is 18.1. The zero-order valence-corrected chi connectivity index (χ0v) is 14.6. The summed E-state index contributed by atoms with van der Waals surface area (Å²) in [5.74, 6) is 0. The first-order chi connectivity index (χ1) is 12.6. The SMILES string of the molecule is O=CC1=CC=C(N(c2ccccc2)c2cccc3ccccc23)S1(=O)=O. The van der Waals surface area contributed by atoms with E-state index in [9.17, 15) is 13.2 Å². The quantitative estimate of drug-likeness (QED) is 0.649. The third kappa shape index (κ3) is 2.53. The van der Waals surface area contributed by atoms with E-state index in [-0.39, 0.29) is 9.93 Å². The number of para-hydroxylation sites is 1. The molecule has 0 radical (unpaired) electrons. The summed E-state index contributed by atoms with van der Waals surface area (Å²) in [4.78, 5) is 12.6. The van der Waals surface area contributed by atoms with Gasteiger partial charge in [0.15, 0.2) is 6.29 Å². The molecule has 1 aliphatic rings. The summed E-state index contributed by atoms with van der Waals surface area (Å²) < 4.78 is 25.7. The van der Waals surface area contributed by atoms with Crippen LogP contribution < -0.4 is 4.90 Å². The molecule has 0 atom stereocenters. The van der Waals surface area contributed by atoms with E-state index in [0.717, 1.165) is 16.5 Å². The van der Waals surface area contributed by atoms with Crippen molar-refractivity contribution in [1.29, 1.82) is 0 Å². The largest absolute Gasteiger partial charge is 0.300 e. The van der Waals surface area contributed by atoms with Crippen molar-refractivity contribution in [2.45, 2.75) is 0 Å². The lowest BCUT2D eigenvalue weighted by Gasteiger charge is -2.27. The van der Waals surface area contributed by atoms with Crippen LogP contribution in [0.4, 0.5) is 11.4 Å². The Hall–Kier alpha value is -3.18. The Bertz CT molecular complexity index is 1160. The number of sulfone groups is 1. The molecule has 0 spiro atoms. The second-order valence-corrected chi connectivity index (χ2v) is 7.76. The number of fused-ring (bicyclic) bond motifs is 1. The van der Waals surface area contributed by atoms with Crippen molar-refractivity contribution < 1.29 is 13.2 Å². The van der Waals surface area contributed by atoms with E-state index in [1.165, 1.54) is 12.2 Å². The number of hydrogen-bond donors (Lipinski definition) is 0. The van der Waals surface area contributed by atoms with E-state index in [4.69, 9.17) is 0 Å². The maximum Gasteiger partial charge on any atom is 0.225 e. The van der Waals surface area contributed by atoms with Crippen LogP contribution in [-0.4, -0.2) is 14.7 Å². The minimum absolute atomic E-state index is 0.0714. The summed E-state index contributed by atoms with van der Waals surface area (Å²) >= 11 is 0. The van der Waals surface area contributed by atoms with E-state index in [1.54, 1.807) is 4.90 Å². The van der Waals surface area contributed by atoms with Crippen molar-refractivity contribution in [3.63, 3.8) is 0 Å². The second-order valence-electron chi connectivity index (χ2n) is 5.86. The molecule has 4 nitrogen and oxygen atoms in total. The van der Waals surface area contributed by atoms with Crippen molar-refractivity contribution in [2.75, 3.05) is 4.90 Å². The number of aldehydes is 1. The van der Waals surface area contributed by atoms with Gasteiger partial charge in [-0.05, 0) is 35.7 Å². The molecule has 1 aliphatic heterocycles. The number of nitrogens with zero attached hydrogens (tertiary/aromatic N) is 1. The fraction of sp³-hybridized carbons (Fsp3) is 0. The number of benzene rings is 3. The van der Waals surface area contributed by atoms with Crippen LogP contribution in [0, 0.1) is 0 Å². The predicted octanol–water partition coefficient (Wildman–Crippen LogP) is 4.33. The Morgan fingerprint density at radius 2 is 1.46 bits per heavy atom. The van der Waals surface area contributed by atoms with Gasteiger partial charge in [-0.2, -0.15) is 0 Å². The lowest BCUT2D eigenvalue weighted by Crippen LogP contribution is -2.22. The van der Waals surface area contributed by atoms with Crippen molar-refractivity contribution >= 4 is 38.3 Å². The van der Waals surface area contributed by atoms with Gasteiger partial charge in [-0.25, -0.2) is 8.42 Å². The summed E-state index contributed by atoms with van der Waals surface area (Å²) in [7, 11) is -3.86. The van der Waals surface area contributed by atoms with Crippen LogP contribution >= 0.6 is 0 Å². The minimum Gasteiger partial charge on any atom is -0.300 e. The number of hydrogen-bond acceptors (Lipinski definition) is 4. The summed E-state index contributed by atoms with van der Waals surface area (Å²) in [6, 6.07) is 22.8. The molecule has 4 rings (SSSR count). The maximum atomic E-state index is 12.8. The van der Waals surface area contributed by atoms with Crippen LogP contribution in [0.5, 0.6) is 0 Å². The monoisotopic (exact) mass is 361 g/mol. The Kier molecular flexibility index (Phi) is 3.93. The molecule has 5 heteroatoms. The van der Waals surface area contributed by atoms with Crippen molar-refractivity contribution in [1.82, 2.24) is 0 Å². The molecule has 0 saturated carbocycles. The predicted molar refractivity (Wildman–Crippen MR) is 104 cm³/mol. The lowest BCUT2D eigenvalue weighted by molar-refractivity contribution is -0.104. The van der Waals surface area contributed by atoms with Gasteiger partial charge in [0.05, 0.1) is 5.69 Å². The summed E-state index contributed by atoms with van der Waals surface area (Å²) in [6.07, 6.45) is 3.21. The van der Waals surface area contributed by atoms with Gasteiger partial charge in [0.25, 0.3) is 0 Å². The van der Waals surface area contributed by atoms with Crippen LogP contribution in [0.25, 0.3) is 10.8 Å². The first-order valence-electron chi connectivity index (χ1n) is 8.08. The van der Waals surface area contributed by atoms with E-state index in [2.05, 4.69) is 0 Å². The van der Waals surface area contributed by atoms with E-state index < -0.39 is 9.84 Å². The van der Waals surface area contributed by atoms with Gasteiger partial charge in [0.1, 0.15) is 9.93 Å². The van der Waals surface area contributed by atoms with Gasteiger partial charge in [0.2, 0.25) is 9.84 Å². The van der Waals surface area contributed by atoms with Gasteiger partial charge in [-0.3, -0.25) is 9.69 Å². The molecule has 0 saturated heterocycles. The standard InChI is InChI=1S/C21H15NO3S/c23-15-18-13-14-21(26(18,24)25)22(17-9-2-1-3-10-17)20-12-6-8-16-7-4-5-11-19(16)20/h1-15H. The number of allylic oxidation sites excluding steroid dienone is 3. The van der Waals surface area contributed by atoms with E-state index in [1.807, 2.05) is 72.8 Å². The molecule has 0 unspecified atom stereocenters. The highest BCUT2D eigenvalue weighted by Gasteiger charge is 2.33. The van der Waals surface area contributed by atoms with Crippen LogP contribution in [-0.2, 0) is 14.6 Å². The van der Waals surface area contributed by atoms with Crippen LogP contribution in [0.3, 0.4) is 0 Å². The maximum absolute atomic E-state index is 12.8. The fourth-order valence-corrected chi connectivity index (χ4v) is 4.42. The van der Waals surface area contributed by atoms with Gasteiger partial charge < -0.3 is 0 Å². The molecule has 1 heterocycles. The summed E-state index contributed by atoms with van der Waals surface area (Å²) in [5, 5.41) is 2.00. The lowest BCUT2D eigenvalue weighted by atomic mass is 10.1. The van der Waals surface area contributed by atoms with Gasteiger partial charge in [-0.1, -0.05) is 54.6 Å². The molecule has 128 valence electrons. The highest BCUT2D eigenvalue weighted by Crippen LogP contribution is 2.39. The molecule has 0 amide bonds. The van der Waals surface area contributed by atoms with E-state index in [0.29, 0.717) is 12.0 Å². The second kappa shape index (κ2) is 6.28. The normalized spacial score (nSPS) is 15.4. The Morgan fingerprint density at radius 3 is 2.19 bits per heavy atom. The molecule has 3 aromatic rings. The fourth-order valence-electron chi connectivity index (χ4n) is 3.12. The van der Waals surface area contributed by atoms with Crippen LogP contribution in [0.2, 0.25) is 0 Å². The Labute approximate surface area is 151 Å². The Balaban J connectivity index is 1.99. The molecule has 0 aromatic heterocycles. The number of carbonyl (C=O) groups excluding carboxylic acids is 1. The van der Waals surface area contributed by atoms with Crippen molar-refractivity contribution in [3.05, 3.63) is 94.9 Å². The first-order valence-corrected chi connectivity index (χ1v) is 9.56. The van der Waals surface area contributed by atoms with Gasteiger partial charge >= 0.3 is 0 Å². The van der Waals surface area contributed by atoms with Crippen LogP contribution in [0.15, 0.2) is 94.9 Å². The number of rotatable bonds is 4. The highest BCUT2D eigenvalue weighted by molar-refractivity contribution is 8.00. The first kappa shape index (κ1) is 16.3. The minimum atomic E-state index is -3.86. The van der Waals surface area contributed by atoms with Gasteiger partial charge in [0, 0.05) is 11.1 Å². The van der Waals surface area contributed by atoms with Crippen LogP contribution in [0.1, 0.15) is 0 Å². The Morgan fingerprint density at radius 1 is 0.769 bits per heavy atom. The summed E-state index contributed by atoms with van der Waals surface area (Å²) in [6.45, 7) is 0. The molecule has 0 fully saturated rings. The molecule has 0 aliphatic carbocycles. The number of anilines is 2. The zero-order valence-electron chi connectivity index (χ0n) is 13.7. The topological polar surface area (TPSA) is 54.5 Å². The third-order valence-electron chi connectivity index (χ3n) is 4.33. The average molecular weight is 361 g/mol. The van der Waals surface area contributed by atoms with Crippen molar-refractivity contribution in [2.24, 2.45) is 0 Å². The van der Waals surface area contributed by atoms with E-state index >= 15 is 0 Å². The number of carbonyl (C=O) groups is 1. The van der Waals surface area contributed by atoms with Gasteiger partial charge in [-0.15, -0.1) is 0 Å². The molecular weight excluding hydrogens is 346 g/mol. The summed E-state index contributed by atoms with van der Waals surface area (Å²) in [5.41, 5.74) is 1.45. The molecular formula is C21H15NO3S. The molecule has 3 aromatic carbocycles. The molecule has 0 bridgehead atoms.